The Morgan fingerprint density at radius 2 is 1.96 bits per heavy atom. The van der Waals surface area contributed by atoms with E-state index in [9.17, 15) is 14.7 Å². The van der Waals surface area contributed by atoms with E-state index in [2.05, 4.69) is 10.6 Å². The third-order valence-corrected chi connectivity index (χ3v) is 3.38. The Kier molecular flexibility index (Phi) is 6.19. The lowest BCUT2D eigenvalue weighted by Crippen LogP contribution is -2.40. The number of nitrogens with one attached hydrogen (secondary N) is 2. The van der Waals surface area contributed by atoms with Crippen molar-refractivity contribution in [3.8, 4) is 0 Å². The molecule has 1 atom stereocenters. The average molecular weight is 337 g/mol. The van der Waals surface area contributed by atoms with Crippen molar-refractivity contribution in [3.05, 3.63) is 59.0 Å². The van der Waals surface area contributed by atoms with Crippen LogP contribution in [0, 0.1) is 0 Å². The van der Waals surface area contributed by atoms with Crippen LogP contribution in [0.15, 0.2) is 47.1 Å². The Balaban J connectivity index is 1.70. The second-order valence-corrected chi connectivity index (χ2v) is 5.31. The maximum Gasteiger partial charge on any atom is 0.309 e. The molecule has 23 heavy (non-hydrogen) atoms. The number of hydrogen-bond donors (Lipinski definition) is 3. The molecule has 0 radical (unpaired) electrons. The van der Waals surface area contributed by atoms with Crippen LogP contribution in [0.3, 0.4) is 0 Å². The normalized spacial score (nSPS) is 11.7. The van der Waals surface area contributed by atoms with Crippen molar-refractivity contribution in [2.45, 2.75) is 19.1 Å². The number of aliphatic hydroxyl groups excluding tert-OH is 1. The molecule has 0 saturated carbocycles. The Labute approximate surface area is 138 Å². The fourth-order valence-electron chi connectivity index (χ4n) is 1.94. The molecule has 0 aliphatic carbocycles. The quantitative estimate of drug-likeness (QED) is 0.701. The fraction of sp³-hybridized carbons (Fsp3) is 0.250. The zero-order chi connectivity index (χ0) is 16.7. The molecule has 1 aromatic carbocycles. The summed E-state index contributed by atoms with van der Waals surface area (Å²) in [6.45, 7) is 0.311. The second kappa shape index (κ2) is 8.36. The van der Waals surface area contributed by atoms with Gasteiger partial charge in [-0.05, 0) is 36.2 Å². The Morgan fingerprint density at radius 1 is 1.17 bits per heavy atom. The summed E-state index contributed by atoms with van der Waals surface area (Å²) in [5, 5.41) is 15.4. The molecule has 0 unspecified atom stereocenters. The fourth-order valence-corrected chi connectivity index (χ4v) is 2.14. The minimum absolute atomic E-state index is 0.143. The minimum Gasteiger partial charge on any atom is -0.467 e. The second-order valence-electron chi connectivity index (χ2n) is 4.88. The molecule has 0 aliphatic heterocycles. The summed E-state index contributed by atoms with van der Waals surface area (Å²) in [7, 11) is 0. The number of hydrogen-bond acceptors (Lipinski definition) is 4. The molecule has 2 amide bonds. The third kappa shape index (κ3) is 5.43. The van der Waals surface area contributed by atoms with Crippen molar-refractivity contribution >= 4 is 23.4 Å². The average Bonchev–Trinajstić information content (AvgIpc) is 3.05. The summed E-state index contributed by atoms with van der Waals surface area (Å²) in [5.41, 5.74) is 0.661. The number of carbonyl (C=O) groups is 2. The highest BCUT2D eigenvalue weighted by Crippen LogP contribution is 2.19. The first-order valence-electron chi connectivity index (χ1n) is 7.08. The van der Waals surface area contributed by atoms with Crippen LogP contribution in [0.1, 0.15) is 23.8 Å². The summed E-state index contributed by atoms with van der Waals surface area (Å²) < 4.78 is 5.04. The van der Waals surface area contributed by atoms with Gasteiger partial charge in [-0.25, -0.2) is 0 Å². The van der Waals surface area contributed by atoms with Gasteiger partial charge >= 0.3 is 11.8 Å². The molecule has 0 aliphatic rings. The van der Waals surface area contributed by atoms with Gasteiger partial charge < -0.3 is 20.2 Å². The number of amides is 2. The maximum absolute atomic E-state index is 11.6. The van der Waals surface area contributed by atoms with Gasteiger partial charge in [-0.1, -0.05) is 23.7 Å². The summed E-state index contributed by atoms with van der Waals surface area (Å²) in [6.07, 6.45) is 0.997. The molecule has 1 aromatic heterocycles. The van der Waals surface area contributed by atoms with E-state index >= 15 is 0 Å². The Morgan fingerprint density at radius 3 is 2.65 bits per heavy atom. The smallest absolute Gasteiger partial charge is 0.309 e. The van der Waals surface area contributed by atoms with Crippen LogP contribution >= 0.6 is 11.6 Å². The number of halogens is 1. The highest BCUT2D eigenvalue weighted by atomic mass is 35.5. The molecule has 6 nitrogen and oxygen atoms in total. The number of rotatable bonds is 6. The number of aliphatic hydroxyl groups is 1. The lowest BCUT2D eigenvalue weighted by atomic mass is 10.1. The van der Waals surface area contributed by atoms with Gasteiger partial charge in [0.2, 0.25) is 0 Å². The zero-order valence-corrected chi connectivity index (χ0v) is 13.0. The van der Waals surface area contributed by atoms with E-state index in [4.69, 9.17) is 16.0 Å². The molecule has 0 saturated heterocycles. The number of carbonyl (C=O) groups excluding carboxylic acids is 2. The summed E-state index contributed by atoms with van der Waals surface area (Å²) >= 11 is 5.85. The van der Waals surface area contributed by atoms with E-state index in [0.717, 1.165) is 0 Å². The van der Waals surface area contributed by atoms with Crippen LogP contribution in [-0.2, 0) is 16.1 Å². The molecular weight excluding hydrogens is 320 g/mol. The van der Waals surface area contributed by atoms with E-state index in [1.54, 1.807) is 36.4 Å². The van der Waals surface area contributed by atoms with Crippen LogP contribution in [0.25, 0.3) is 0 Å². The van der Waals surface area contributed by atoms with E-state index < -0.39 is 17.9 Å². The molecule has 3 N–H and O–H groups in total. The highest BCUT2D eigenvalue weighted by Gasteiger charge is 2.14. The van der Waals surface area contributed by atoms with Gasteiger partial charge in [-0.15, -0.1) is 0 Å². The van der Waals surface area contributed by atoms with Gasteiger partial charge in [-0.2, -0.15) is 0 Å². The van der Waals surface area contributed by atoms with E-state index in [1.165, 1.54) is 6.26 Å². The summed E-state index contributed by atoms with van der Waals surface area (Å²) in [5.74, 6) is -0.948. The first-order chi connectivity index (χ1) is 11.1. The van der Waals surface area contributed by atoms with Crippen LogP contribution in [0.4, 0.5) is 0 Å². The number of benzene rings is 1. The predicted molar refractivity (Wildman–Crippen MR) is 84.6 cm³/mol. The van der Waals surface area contributed by atoms with E-state index in [-0.39, 0.29) is 19.5 Å². The van der Waals surface area contributed by atoms with Gasteiger partial charge in [0.05, 0.1) is 18.9 Å². The van der Waals surface area contributed by atoms with Gasteiger partial charge in [0.15, 0.2) is 0 Å². The van der Waals surface area contributed by atoms with Crippen molar-refractivity contribution in [1.29, 1.82) is 0 Å². The molecular formula is C16H17ClN2O4. The minimum atomic E-state index is -0.764. The van der Waals surface area contributed by atoms with Crippen molar-refractivity contribution in [2.75, 3.05) is 6.54 Å². The molecule has 7 heteroatoms. The maximum atomic E-state index is 11.6. The zero-order valence-electron chi connectivity index (χ0n) is 12.3. The van der Waals surface area contributed by atoms with Crippen LogP contribution in [-0.4, -0.2) is 23.5 Å². The first kappa shape index (κ1) is 17.1. The molecule has 1 heterocycles. The molecule has 2 rings (SSSR count). The topological polar surface area (TPSA) is 91.6 Å². The van der Waals surface area contributed by atoms with Crippen molar-refractivity contribution < 1.29 is 19.1 Å². The predicted octanol–water partition coefficient (Wildman–Crippen LogP) is 1.79. The van der Waals surface area contributed by atoms with Crippen molar-refractivity contribution in [2.24, 2.45) is 0 Å². The van der Waals surface area contributed by atoms with E-state index in [1.807, 2.05) is 0 Å². The highest BCUT2D eigenvalue weighted by molar-refractivity contribution is 6.35. The van der Waals surface area contributed by atoms with Crippen LogP contribution in [0.2, 0.25) is 5.02 Å². The van der Waals surface area contributed by atoms with Gasteiger partial charge in [0.1, 0.15) is 5.76 Å². The van der Waals surface area contributed by atoms with Crippen molar-refractivity contribution in [3.63, 3.8) is 0 Å². The summed E-state index contributed by atoms with van der Waals surface area (Å²) in [4.78, 5) is 23.2. The Bertz CT molecular complexity index is 658. The lowest BCUT2D eigenvalue weighted by Gasteiger charge is -2.12. The molecule has 0 spiro atoms. The van der Waals surface area contributed by atoms with Crippen LogP contribution in [0.5, 0.6) is 0 Å². The number of furan rings is 1. The van der Waals surface area contributed by atoms with Gasteiger partial charge in [-0.3, -0.25) is 9.59 Å². The van der Waals surface area contributed by atoms with Gasteiger partial charge in [0.25, 0.3) is 0 Å². The van der Waals surface area contributed by atoms with Gasteiger partial charge in [0, 0.05) is 11.6 Å². The van der Waals surface area contributed by atoms with E-state index in [0.29, 0.717) is 16.3 Å². The Hall–Kier alpha value is -2.31. The third-order valence-electron chi connectivity index (χ3n) is 3.15. The molecule has 2 aromatic rings. The molecule has 122 valence electrons. The summed E-state index contributed by atoms with van der Waals surface area (Å²) in [6, 6.07) is 10.2. The lowest BCUT2D eigenvalue weighted by molar-refractivity contribution is -0.139. The SMILES string of the molecule is O=C(NCC[C@H](O)c1cccc(Cl)c1)C(=O)NCc1ccco1. The first-order valence-corrected chi connectivity index (χ1v) is 7.46. The van der Waals surface area contributed by atoms with Crippen molar-refractivity contribution in [1.82, 2.24) is 10.6 Å². The monoisotopic (exact) mass is 336 g/mol. The standard InChI is InChI=1S/C16H17ClN2O4/c17-12-4-1-3-11(9-12)14(20)6-7-18-15(21)16(22)19-10-13-5-2-8-23-13/h1-5,8-9,14,20H,6-7,10H2,(H,18,21)(H,19,22)/t14-/m0/s1. The molecule has 0 bridgehead atoms. The largest absolute Gasteiger partial charge is 0.467 e. The van der Waals surface area contributed by atoms with Crippen LogP contribution < -0.4 is 10.6 Å². The molecule has 0 fully saturated rings.